The monoisotopic (exact) mass is 333 g/mol. The highest BCUT2D eigenvalue weighted by Crippen LogP contribution is 2.49. The molecule has 0 radical (unpaired) electrons. The molecule has 0 unspecified atom stereocenters. The molecule has 3 heteroatoms. The Balaban J connectivity index is 1.68. The Labute approximate surface area is 148 Å². The van der Waals surface area contributed by atoms with Gasteiger partial charge in [-0.15, -0.1) is 0 Å². The zero-order valence-electron chi connectivity index (χ0n) is 14.6. The first-order chi connectivity index (χ1) is 12.2. The summed E-state index contributed by atoms with van der Waals surface area (Å²) in [4.78, 5) is 14.3. The molecule has 4 rings (SSSR count). The summed E-state index contributed by atoms with van der Waals surface area (Å²) in [5, 5.41) is 0. The third-order valence-electron chi connectivity index (χ3n) is 5.40. The van der Waals surface area contributed by atoms with Crippen molar-refractivity contribution in [3.8, 4) is 11.1 Å². The maximum atomic E-state index is 12.4. The molecular formula is C22H23NO2. The maximum absolute atomic E-state index is 12.4. The van der Waals surface area contributed by atoms with Crippen LogP contribution in [0.4, 0.5) is 4.79 Å². The van der Waals surface area contributed by atoms with Crippen LogP contribution in [0.15, 0.2) is 55.1 Å². The van der Waals surface area contributed by atoms with E-state index in [1.807, 2.05) is 4.90 Å². The molecule has 0 spiro atoms. The van der Waals surface area contributed by atoms with Gasteiger partial charge in [-0.2, -0.15) is 0 Å². The predicted octanol–water partition coefficient (Wildman–Crippen LogP) is 5.22. The fourth-order valence-corrected chi connectivity index (χ4v) is 4.21. The van der Waals surface area contributed by atoms with Gasteiger partial charge < -0.3 is 9.64 Å². The predicted molar refractivity (Wildman–Crippen MR) is 99.6 cm³/mol. The molecule has 1 amide bonds. The molecule has 1 fully saturated rings. The van der Waals surface area contributed by atoms with Crippen LogP contribution in [-0.4, -0.2) is 24.1 Å². The van der Waals surface area contributed by atoms with Crippen LogP contribution in [-0.2, 0) is 4.74 Å². The third kappa shape index (κ3) is 2.84. The van der Waals surface area contributed by atoms with Gasteiger partial charge in [-0.25, -0.2) is 4.79 Å². The second-order valence-electron chi connectivity index (χ2n) is 7.01. The zero-order chi connectivity index (χ0) is 17.4. The number of piperidine rings is 1. The number of fused-ring (bicyclic) bond motifs is 5. The van der Waals surface area contributed by atoms with Gasteiger partial charge in [0.25, 0.3) is 0 Å². The standard InChI is InChI=1S/C22H23NO2/c1-3-11-25-22(24)23-10-9-18-14-21(23)20-13-17(7-8-19(18)20)16-6-4-5-15(2)12-16/h3-8,12-13,18,21H,1,9-11,14H2,2H3/t18-,21-/m1/s1. The van der Waals surface area contributed by atoms with Crippen molar-refractivity contribution in [2.45, 2.75) is 31.7 Å². The van der Waals surface area contributed by atoms with Crippen LogP contribution in [0.2, 0.25) is 0 Å². The summed E-state index contributed by atoms with van der Waals surface area (Å²) in [5.74, 6) is 0.565. The van der Waals surface area contributed by atoms with E-state index in [4.69, 9.17) is 4.74 Å². The van der Waals surface area contributed by atoms with E-state index in [-0.39, 0.29) is 18.7 Å². The van der Waals surface area contributed by atoms with E-state index in [0.29, 0.717) is 5.92 Å². The van der Waals surface area contributed by atoms with Gasteiger partial charge in [-0.05, 0) is 54.0 Å². The molecule has 3 nitrogen and oxygen atoms in total. The number of nitrogens with zero attached hydrogens (tertiary/aromatic N) is 1. The van der Waals surface area contributed by atoms with Gasteiger partial charge in [-0.3, -0.25) is 0 Å². The van der Waals surface area contributed by atoms with Crippen molar-refractivity contribution in [1.82, 2.24) is 4.90 Å². The fraction of sp³-hybridized carbons (Fsp3) is 0.318. The minimum absolute atomic E-state index is 0.135. The van der Waals surface area contributed by atoms with Crippen LogP contribution < -0.4 is 0 Å². The van der Waals surface area contributed by atoms with Crippen LogP contribution in [0.3, 0.4) is 0 Å². The number of benzene rings is 2. The maximum Gasteiger partial charge on any atom is 0.410 e. The van der Waals surface area contributed by atoms with Gasteiger partial charge in [0.15, 0.2) is 0 Å². The molecule has 128 valence electrons. The molecule has 1 aliphatic heterocycles. The van der Waals surface area contributed by atoms with Crippen molar-refractivity contribution < 1.29 is 9.53 Å². The summed E-state index contributed by atoms with van der Waals surface area (Å²) in [6.45, 7) is 6.76. The van der Waals surface area contributed by atoms with Crippen LogP contribution in [0.25, 0.3) is 11.1 Å². The van der Waals surface area contributed by atoms with E-state index in [1.54, 1.807) is 6.08 Å². The van der Waals surface area contributed by atoms with Gasteiger partial charge in [-0.1, -0.05) is 54.6 Å². The first-order valence-electron chi connectivity index (χ1n) is 8.92. The second kappa shape index (κ2) is 6.40. The lowest BCUT2D eigenvalue weighted by atomic mass is 9.95. The number of aryl methyl sites for hydroxylation is 1. The van der Waals surface area contributed by atoms with Gasteiger partial charge >= 0.3 is 6.09 Å². The summed E-state index contributed by atoms with van der Waals surface area (Å²) < 4.78 is 5.30. The Bertz CT molecular complexity index is 827. The number of ether oxygens (including phenoxy) is 1. The van der Waals surface area contributed by atoms with E-state index < -0.39 is 0 Å². The van der Waals surface area contributed by atoms with Crippen LogP contribution in [0, 0.1) is 6.92 Å². The second-order valence-corrected chi connectivity index (χ2v) is 7.01. The summed E-state index contributed by atoms with van der Waals surface area (Å²) >= 11 is 0. The number of carbonyl (C=O) groups is 1. The highest BCUT2D eigenvalue weighted by Gasteiger charge is 2.41. The zero-order valence-corrected chi connectivity index (χ0v) is 14.6. The first-order valence-corrected chi connectivity index (χ1v) is 8.92. The van der Waals surface area contributed by atoms with E-state index >= 15 is 0 Å². The molecule has 1 aliphatic carbocycles. The molecule has 2 aromatic carbocycles. The Morgan fingerprint density at radius 3 is 2.88 bits per heavy atom. The third-order valence-corrected chi connectivity index (χ3v) is 5.40. The molecule has 1 saturated heterocycles. The van der Waals surface area contributed by atoms with Gasteiger partial charge in [0.1, 0.15) is 6.61 Å². The number of amides is 1. The molecular weight excluding hydrogens is 310 g/mol. The number of hydrogen-bond donors (Lipinski definition) is 0. The van der Waals surface area contributed by atoms with Gasteiger partial charge in [0, 0.05) is 6.54 Å². The van der Waals surface area contributed by atoms with Gasteiger partial charge in [0.05, 0.1) is 6.04 Å². The average molecular weight is 333 g/mol. The van der Waals surface area contributed by atoms with Crippen LogP contribution >= 0.6 is 0 Å². The minimum atomic E-state index is -0.225. The largest absolute Gasteiger partial charge is 0.445 e. The van der Waals surface area contributed by atoms with E-state index in [1.165, 1.54) is 27.8 Å². The first kappa shape index (κ1) is 15.9. The molecule has 1 heterocycles. The van der Waals surface area contributed by atoms with Crippen molar-refractivity contribution >= 4 is 6.09 Å². The Morgan fingerprint density at radius 1 is 1.24 bits per heavy atom. The smallest absolute Gasteiger partial charge is 0.410 e. The highest BCUT2D eigenvalue weighted by atomic mass is 16.6. The molecule has 2 aromatic rings. The number of hydrogen-bond acceptors (Lipinski definition) is 2. The Kier molecular flexibility index (Phi) is 4.08. The van der Waals surface area contributed by atoms with Gasteiger partial charge in [0.2, 0.25) is 0 Å². The van der Waals surface area contributed by atoms with Crippen LogP contribution in [0.5, 0.6) is 0 Å². The SMILES string of the molecule is C=CCOC(=O)N1CC[C@@H]2C[C@@H]1c1cc(-c3cccc(C)c3)ccc12. The molecule has 0 aromatic heterocycles. The molecule has 0 N–H and O–H groups in total. The van der Waals surface area contributed by atoms with Crippen molar-refractivity contribution in [2.24, 2.45) is 0 Å². The summed E-state index contributed by atoms with van der Waals surface area (Å²) in [6.07, 6.45) is 3.41. The minimum Gasteiger partial charge on any atom is -0.445 e. The lowest BCUT2D eigenvalue weighted by molar-refractivity contribution is 0.0824. The number of likely N-dealkylation sites (tertiary alicyclic amines) is 1. The quantitative estimate of drug-likeness (QED) is 0.721. The average Bonchev–Trinajstić information content (AvgIpc) is 2.92. The van der Waals surface area contributed by atoms with Crippen molar-refractivity contribution in [1.29, 1.82) is 0 Å². The van der Waals surface area contributed by atoms with Crippen LogP contribution in [0.1, 0.15) is 41.5 Å². The highest BCUT2D eigenvalue weighted by molar-refractivity contribution is 5.71. The van der Waals surface area contributed by atoms with Crippen molar-refractivity contribution in [3.05, 3.63) is 71.8 Å². The number of carbonyl (C=O) groups excluding carboxylic acids is 1. The molecule has 0 saturated carbocycles. The Hall–Kier alpha value is -2.55. The Morgan fingerprint density at radius 2 is 2.08 bits per heavy atom. The normalized spacial score (nSPS) is 20.9. The number of rotatable bonds is 3. The lowest BCUT2D eigenvalue weighted by Gasteiger charge is -2.32. The summed E-state index contributed by atoms with van der Waals surface area (Å²) in [5.41, 5.74) is 6.39. The topological polar surface area (TPSA) is 29.5 Å². The summed E-state index contributed by atoms with van der Waals surface area (Å²) in [6, 6.07) is 15.4. The van der Waals surface area contributed by atoms with E-state index in [0.717, 1.165) is 19.4 Å². The molecule has 2 atom stereocenters. The molecule has 25 heavy (non-hydrogen) atoms. The summed E-state index contributed by atoms with van der Waals surface area (Å²) in [7, 11) is 0. The van der Waals surface area contributed by atoms with Crippen molar-refractivity contribution in [3.63, 3.8) is 0 Å². The fourth-order valence-electron chi connectivity index (χ4n) is 4.21. The molecule has 2 aliphatic rings. The molecule has 2 bridgehead atoms. The lowest BCUT2D eigenvalue weighted by Crippen LogP contribution is -2.37. The van der Waals surface area contributed by atoms with E-state index in [2.05, 4.69) is 56.0 Å². The van der Waals surface area contributed by atoms with Crippen molar-refractivity contribution in [2.75, 3.05) is 13.2 Å². The van der Waals surface area contributed by atoms with E-state index in [9.17, 15) is 4.79 Å².